The SMILES string of the molecule is O=c1[nH]cnc2c(CNC(CO)C(O)CO)c[nH]c12. The average molecular weight is 268 g/mol. The molecule has 6 N–H and O–H groups in total. The summed E-state index contributed by atoms with van der Waals surface area (Å²) in [5.41, 5.74) is 1.39. The zero-order valence-electron chi connectivity index (χ0n) is 10.1. The number of hydrogen-bond donors (Lipinski definition) is 6. The van der Waals surface area contributed by atoms with Crippen molar-refractivity contribution < 1.29 is 15.3 Å². The number of hydrogen-bond acceptors (Lipinski definition) is 6. The first-order valence-corrected chi connectivity index (χ1v) is 5.84. The number of H-pyrrole nitrogens is 2. The minimum Gasteiger partial charge on any atom is -0.395 e. The molecule has 0 amide bonds. The van der Waals surface area contributed by atoms with Crippen LogP contribution in [0.2, 0.25) is 0 Å². The Morgan fingerprint density at radius 2 is 2.11 bits per heavy atom. The van der Waals surface area contributed by atoms with Gasteiger partial charge in [-0.2, -0.15) is 0 Å². The summed E-state index contributed by atoms with van der Waals surface area (Å²) in [6.45, 7) is -0.444. The summed E-state index contributed by atoms with van der Waals surface area (Å²) in [5.74, 6) is 0. The molecule has 0 saturated heterocycles. The summed E-state index contributed by atoms with van der Waals surface area (Å²) < 4.78 is 0. The molecule has 0 aromatic carbocycles. The quantitative estimate of drug-likeness (QED) is 0.361. The molecule has 0 bridgehead atoms. The van der Waals surface area contributed by atoms with Gasteiger partial charge in [0.15, 0.2) is 0 Å². The van der Waals surface area contributed by atoms with Gasteiger partial charge in [0.25, 0.3) is 5.56 Å². The van der Waals surface area contributed by atoms with Crippen LogP contribution in [0.3, 0.4) is 0 Å². The Balaban J connectivity index is 2.14. The highest BCUT2D eigenvalue weighted by molar-refractivity contribution is 5.77. The number of fused-ring (bicyclic) bond motifs is 1. The summed E-state index contributed by atoms with van der Waals surface area (Å²) in [5, 5.41) is 30.3. The number of aromatic amines is 2. The van der Waals surface area contributed by atoms with Crippen LogP contribution in [-0.4, -0.2) is 55.6 Å². The molecule has 0 aliphatic heterocycles. The van der Waals surface area contributed by atoms with Crippen molar-refractivity contribution in [2.24, 2.45) is 0 Å². The highest BCUT2D eigenvalue weighted by Crippen LogP contribution is 2.11. The van der Waals surface area contributed by atoms with Gasteiger partial charge in [-0.05, 0) is 0 Å². The maximum absolute atomic E-state index is 11.5. The smallest absolute Gasteiger partial charge is 0.275 e. The highest BCUT2D eigenvalue weighted by atomic mass is 16.3. The lowest BCUT2D eigenvalue weighted by atomic mass is 10.1. The molecule has 2 unspecified atom stereocenters. The van der Waals surface area contributed by atoms with Crippen molar-refractivity contribution in [3.8, 4) is 0 Å². The lowest BCUT2D eigenvalue weighted by Gasteiger charge is -2.20. The van der Waals surface area contributed by atoms with Gasteiger partial charge in [-0.1, -0.05) is 0 Å². The standard InChI is InChI=1S/C11H16N4O4/c16-3-7(8(18)4-17)12-1-6-2-13-10-9(6)14-5-15-11(10)19/h2,5,7-8,12-13,16-18H,1,3-4H2,(H,14,15,19). The summed E-state index contributed by atoms with van der Waals surface area (Å²) in [6, 6.07) is -0.642. The molecular weight excluding hydrogens is 252 g/mol. The fraction of sp³-hybridized carbons (Fsp3) is 0.455. The third-order valence-corrected chi connectivity index (χ3v) is 2.95. The molecule has 2 aromatic rings. The molecule has 2 aromatic heterocycles. The summed E-state index contributed by atoms with van der Waals surface area (Å²) in [7, 11) is 0. The highest BCUT2D eigenvalue weighted by Gasteiger charge is 2.17. The van der Waals surface area contributed by atoms with Crippen LogP contribution >= 0.6 is 0 Å². The Hall–Kier alpha value is -1.74. The van der Waals surface area contributed by atoms with E-state index in [9.17, 15) is 9.90 Å². The van der Waals surface area contributed by atoms with Gasteiger partial charge in [0.05, 0.1) is 37.2 Å². The van der Waals surface area contributed by atoms with Crippen LogP contribution in [0.5, 0.6) is 0 Å². The first kappa shape index (κ1) is 13.7. The molecular formula is C11H16N4O4. The molecule has 2 atom stereocenters. The van der Waals surface area contributed by atoms with Crippen molar-refractivity contribution in [2.75, 3.05) is 13.2 Å². The van der Waals surface area contributed by atoms with E-state index in [1.165, 1.54) is 6.33 Å². The molecule has 8 heteroatoms. The predicted octanol–water partition coefficient (Wildman–Crippen LogP) is -1.95. The van der Waals surface area contributed by atoms with Crippen molar-refractivity contribution in [3.05, 3.63) is 28.4 Å². The summed E-state index contributed by atoms with van der Waals surface area (Å²) in [6.07, 6.45) is 1.90. The minimum absolute atomic E-state index is 0.259. The van der Waals surface area contributed by atoms with Crippen molar-refractivity contribution >= 4 is 11.0 Å². The number of aliphatic hydroxyl groups excluding tert-OH is 3. The van der Waals surface area contributed by atoms with Gasteiger partial charge in [0.1, 0.15) is 5.52 Å². The van der Waals surface area contributed by atoms with Crippen molar-refractivity contribution in [1.29, 1.82) is 0 Å². The molecule has 0 spiro atoms. The molecule has 19 heavy (non-hydrogen) atoms. The van der Waals surface area contributed by atoms with Gasteiger partial charge in [-0.15, -0.1) is 0 Å². The largest absolute Gasteiger partial charge is 0.395 e. The molecule has 0 radical (unpaired) electrons. The van der Waals surface area contributed by atoms with Gasteiger partial charge < -0.3 is 30.6 Å². The first-order chi connectivity index (χ1) is 9.17. The molecule has 0 aliphatic rings. The fourth-order valence-electron chi connectivity index (χ4n) is 1.83. The van der Waals surface area contributed by atoms with Crippen LogP contribution in [0.4, 0.5) is 0 Å². The number of rotatable bonds is 6. The van der Waals surface area contributed by atoms with Crippen LogP contribution < -0.4 is 10.9 Å². The van der Waals surface area contributed by atoms with Gasteiger partial charge in [0, 0.05) is 18.3 Å². The van der Waals surface area contributed by atoms with Gasteiger partial charge in [0.2, 0.25) is 0 Å². The maximum atomic E-state index is 11.5. The van der Waals surface area contributed by atoms with Crippen molar-refractivity contribution in [3.63, 3.8) is 0 Å². The monoisotopic (exact) mass is 268 g/mol. The molecule has 2 rings (SSSR count). The fourth-order valence-corrected chi connectivity index (χ4v) is 1.83. The Morgan fingerprint density at radius 1 is 1.32 bits per heavy atom. The van der Waals surface area contributed by atoms with E-state index in [1.807, 2.05) is 0 Å². The second-order valence-electron chi connectivity index (χ2n) is 4.19. The number of nitrogens with one attached hydrogen (secondary N) is 3. The Kier molecular flexibility index (Phi) is 4.27. The van der Waals surface area contributed by atoms with Gasteiger partial charge >= 0.3 is 0 Å². The third-order valence-electron chi connectivity index (χ3n) is 2.95. The summed E-state index contributed by atoms with van der Waals surface area (Å²) >= 11 is 0. The van der Waals surface area contributed by atoms with E-state index in [2.05, 4.69) is 20.3 Å². The normalized spacial score (nSPS) is 14.7. The average Bonchev–Trinajstić information content (AvgIpc) is 2.84. The van der Waals surface area contributed by atoms with E-state index in [0.717, 1.165) is 5.56 Å². The Morgan fingerprint density at radius 3 is 2.79 bits per heavy atom. The molecule has 0 fully saturated rings. The van der Waals surface area contributed by atoms with Crippen LogP contribution in [0, 0.1) is 0 Å². The molecule has 104 valence electrons. The van der Waals surface area contributed by atoms with Crippen LogP contribution in [0.25, 0.3) is 11.0 Å². The van der Waals surface area contributed by atoms with E-state index in [-0.39, 0.29) is 12.2 Å². The van der Waals surface area contributed by atoms with Crippen LogP contribution in [0.15, 0.2) is 17.3 Å². The lowest BCUT2D eigenvalue weighted by molar-refractivity contribution is 0.0411. The maximum Gasteiger partial charge on any atom is 0.275 e. The van der Waals surface area contributed by atoms with Gasteiger partial charge in [-0.3, -0.25) is 4.79 Å². The van der Waals surface area contributed by atoms with E-state index >= 15 is 0 Å². The topological polar surface area (TPSA) is 134 Å². The third kappa shape index (κ3) is 2.82. The molecule has 2 heterocycles. The van der Waals surface area contributed by atoms with Gasteiger partial charge in [-0.25, -0.2) is 4.98 Å². The number of aliphatic hydroxyl groups is 3. The zero-order chi connectivity index (χ0) is 13.8. The summed E-state index contributed by atoms with van der Waals surface area (Å²) in [4.78, 5) is 20.8. The molecule has 8 nitrogen and oxygen atoms in total. The number of nitrogens with zero attached hydrogens (tertiary/aromatic N) is 1. The lowest BCUT2D eigenvalue weighted by Crippen LogP contribution is -2.44. The second-order valence-corrected chi connectivity index (χ2v) is 4.19. The predicted molar refractivity (Wildman–Crippen MR) is 67.5 cm³/mol. The van der Waals surface area contributed by atoms with E-state index in [4.69, 9.17) is 10.2 Å². The Labute approximate surface area is 108 Å². The molecule has 0 aliphatic carbocycles. The number of aromatic nitrogens is 3. The van der Waals surface area contributed by atoms with E-state index in [0.29, 0.717) is 17.6 Å². The van der Waals surface area contributed by atoms with Crippen molar-refractivity contribution in [1.82, 2.24) is 20.3 Å². The molecule has 0 saturated carbocycles. The second kappa shape index (κ2) is 5.93. The van der Waals surface area contributed by atoms with Crippen LogP contribution in [0.1, 0.15) is 5.56 Å². The van der Waals surface area contributed by atoms with Crippen molar-refractivity contribution in [2.45, 2.75) is 18.7 Å². The minimum atomic E-state index is -1.05. The van der Waals surface area contributed by atoms with E-state index < -0.39 is 18.8 Å². The van der Waals surface area contributed by atoms with Crippen LogP contribution in [-0.2, 0) is 6.54 Å². The first-order valence-electron chi connectivity index (χ1n) is 5.84. The Bertz CT molecular complexity index is 594. The zero-order valence-corrected chi connectivity index (χ0v) is 10.1. The van der Waals surface area contributed by atoms with E-state index in [1.54, 1.807) is 6.20 Å².